The quantitative estimate of drug-likeness (QED) is 0.267. The number of unbranched alkanes of at least 4 members (excludes halogenated alkanes) is 9. The first-order valence-corrected chi connectivity index (χ1v) is 7.36. The van der Waals surface area contributed by atoms with Gasteiger partial charge in [-0.25, -0.2) is 0 Å². The van der Waals surface area contributed by atoms with Crippen LogP contribution in [0.4, 0.5) is 0 Å². The first-order valence-electron chi connectivity index (χ1n) is 6.56. The Morgan fingerprint density at radius 2 is 1.31 bits per heavy atom. The van der Waals surface area contributed by atoms with Crippen molar-refractivity contribution in [3.63, 3.8) is 0 Å². The normalized spacial score (nSPS) is 10.3. The summed E-state index contributed by atoms with van der Waals surface area (Å²) in [6.07, 6.45) is 15.5. The summed E-state index contributed by atoms with van der Waals surface area (Å²) in [5, 5.41) is 0. The third kappa shape index (κ3) is 13.9. The molecule has 0 saturated carbocycles. The summed E-state index contributed by atoms with van der Waals surface area (Å²) in [5.74, 6) is 0. The number of hydrogen-bond acceptors (Lipinski definition) is 1. The van der Waals surface area contributed by atoms with E-state index >= 15 is 0 Å². The zero-order valence-electron chi connectivity index (χ0n) is 10.3. The van der Waals surface area contributed by atoms with Gasteiger partial charge < -0.3 is 0 Å². The summed E-state index contributed by atoms with van der Waals surface area (Å²) >= 11 is 2.95. The SMILES string of the molecule is C=CCCCCCCCCCCCC(=O)Br. The van der Waals surface area contributed by atoms with Gasteiger partial charge >= 0.3 is 0 Å². The van der Waals surface area contributed by atoms with Crippen LogP contribution < -0.4 is 0 Å². The first-order chi connectivity index (χ1) is 7.77. The van der Waals surface area contributed by atoms with Gasteiger partial charge in [0.2, 0.25) is 0 Å². The molecule has 0 fully saturated rings. The van der Waals surface area contributed by atoms with Crippen molar-refractivity contribution in [2.45, 2.75) is 70.6 Å². The Morgan fingerprint density at radius 3 is 1.75 bits per heavy atom. The van der Waals surface area contributed by atoms with E-state index in [4.69, 9.17) is 0 Å². The molecule has 0 atom stereocenters. The average Bonchev–Trinajstić information content (AvgIpc) is 2.25. The minimum Gasteiger partial charge on any atom is -0.287 e. The van der Waals surface area contributed by atoms with E-state index in [2.05, 4.69) is 22.5 Å². The van der Waals surface area contributed by atoms with Crippen LogP contribution in [0.25, 0.3) is 0 Å². The number of rotatable bonds is 12. The van der Waals surface area contributed by atoms with E-state index in [1.54, 1.807) is 0 Å². The summed E-state index contributed by atoms with van der Waals surface area (Å²) in [6.45, 7) is 3.72. The minimum absolute atomic E-state index is 0.148. The maximum Gasteiger partial charge on any atom is 0.197 e. The summed E-state index contributed by atoms with van der Waals surface area (Å²) in [6, 6.07) is 0. The molecule has 0 bridgehead atoms. The van der Waals surface area contributed by atoms with E-state index in [-0.39, 0.29) is 4.69 Å². The molecule has 1 nitrogen and oxygen atoms in total. The molecule has 0 N–H and O–H groups in total. The Kier molecular flexibility index (Phi) is 12.9. The lowest BCUT2D eigenvalue weighted by Crippen LogP contribution is -1.86. The molecule has 0 aromatic rings. The largest absolute Gasteiger partial charge is 0.287 e. The molecule has 0 saturated heterocycles. The molecule has 0 heterocycles. The van der Waals surface area contributed by atoms with Gasteiger partial charge in [0.1, 0.15) is 0 Å². The first kappa shape index (κ1) is 15.9. The van der Waals surface area contributed by atoms with Crippen LogP contribution in [0.1, 0.15) is 70.6 Å². The van der Waals surface area contributed by atoms with Crippen LogP contribution in [0.2, 0.25) is 0 Å². The smallest absolute Gasteiger partial charge is 0.197 e. The predicted molar refractivity (Wildman–Crippen MR) is 74.9 cm³/mol. The van der Waals surface area contributed by atoms with E-state index in [9.17, 15) is 4.79 Å². The van der Waals surface area contributed by atoms with Crippen molar-refractivity contribution in [2.75, 3.05) is 0 Å². The van der Waals surface area contributed by atoms with Gasteiger partial charge in [-0.15, -0.1) is 6.58 Å². The molecule has 0 aliphatic heterocycles. The fourth-order valence-corrected chi connectivity index (χ4v) is 2.07. The lowest BCUT2D eigenvalue weighted by atomic mass is 10.1. The summed E-state index contributed by atoms with van der Waals surface area (Å²) in [7, 11) is 0. The average molecular weight is 289 g/mol. The molecule has 0 radical (unpaired) electrons. The molecule has 2 heteroatoms. The lowest BCUT2D eigenvalue weighted by molar-refractivity contribution is -0.110. The van der Waals surface area contributed by atoms with Crippen LogP contribution in [0.3, 0.4) is 0 Å². The van der Waals surface area contributed by atoms with E-state index in [1.165, 1.54) is 57.8 Å². The van der Waals surface area contributed by atoms with Gasteiger partial charge in [-0.3, -0.25) is 4.79 Å². The Bertz CT molecular complexity index is 178. The summed E-state index contributed by atoms with van der Waals surface area (Å²) < 4.78 is 0.148. The number of hydrogen-bond donors (Lipinski definition) is 0. The van der Waals surface area contributed by atoms with E-state index in [0.717, 1.165) is 6.42 Å². The van der Waals surface area contributed by atoms with Crippen LogP contribution in [0, 0.1) is 0 Å². The minimum atomic E-state index is 0.148. The monoisotopic (exact) mass is 288 g/mol. The van der Waals surface area contributed by atoms with E-state index in [0.29, 0.717) is 6.42 Å². The molecular weight excluding hydrogens is 264 g/mol. The number of halogens is 1. The van der Waals surface area contributed by atoms with Crippen molar-refractivity contribution in [3.05, 3.63) is 12.7 Å². The fraction of sp³-hybridized carbons (Fsp3) is 0.786. The lowest BCUT2D eigenvalue weighted by Gasteiger charge is -2.01. The fourth-order valence-electron chi connectivity index (χ4n) is 1.79. The van der Waals surface area contributed by atoms with E-state index < -0.39 is 0 Å². The van der Waals surface area contributed by atoms with Gasteiger partial charge in [0.25, 0.3) is 0 Å². The second kappa shape index (κ2) is 13.0. The molecule has 0 rings (SSSR count). The number of allylic oxidation sites excluding steroid dienone is 1. The van der Waals surface area contributed by atoms with Crippen molar-refractivity contribution in [1.29, 1.82) is 0 Å². The van der Waals surface area contributed by atoms with Crippen molar-refractivity contribution in [2.24, 2.45) is 0 Å². The molecule has 0 aromatic heterocycles. The van der Waals surface area contributed by atoms with Crippen molar-refractivity contribution >= 4 is 20.6 Å². The predicted octanol–water partition coefficient (Wildman–Crippen LogP) is 5.39. The van der Waals surface area contributed by atoms with Crippen LogP contribution in [0.15, 0.2) is 12.7 Å². The molecule has 0 spiro atoms. The number of carbonyl (C=O) groups excluding carboxylic acids is 1. The zero-order chi connectivity index (χ0) is 12.1. The molecule has 0 unspecified atom stereocenters. The maximum atomic E-state index is 10.6. The van der Waals surface area contributed by atoms with E-state index in [1.807, 2.05) is 6.08 Å². The van der Waals surface area contributed by atoms with Gasteiger partial charge in [-0.05, 0) is 35.2 Å². The highest BCUT2D eigenvalue weighted by atomic mass is 79.9. The van der Waals surface area contributed by atoms with Gasteiger partial charge in [0.15, 0.2) is 4.69 Å². The molecule has 0 amide bonds. The Hall–Kier alpha value is -0.110. The molecule has 0 aliphatic rings. The molecule has 0 aliphatic carbocycles. The summed E-state index contributed by atoms with van der Waals surface area (Å²) in [5.41, 5.74) is 0. The molecule has 16 heavy (non-hydrogen) atoms. The highest BCUT2D eigenvalue weighted by Gasteiger charge is 1.95. The van der Waals surface area contributed by atoms with Gasteiger partial charge in [0, 0.05) is 6.42 Å². The van der Waals surface area contributed by atoms with Crippen LogP contribution in [-0.2, 0) is 4.79 Å². The van der Waals surface area contributed by atoms with Crippen LogP contribution in [0.5, 0.6) is 0 Å². The van der Waals surface area contributed by atoms with Crippen molar-refractivity contribution in [3.8, 4) is 0 Å². The zero-order valence-corrected chi connectivity index (χ0v) is 11.9. The highest BCUT2D eigenvalue weighted by molar-refractivity contribution is 9.18. The Morgan fingerprint density at radius 1 is 0.875 bits per heavy atom. The Labute approximate surface area is 109 Å². The van der Waals surface area contributed by atoms with Crippen molar-refractivity contribution < 1.29 is 4.79 Å². The summed E-state index contributed by atoms with van der Waals surface area (Å²) in [4.78, 5) is 10.6. The van der Waals surface area contributed by atoms with Crippen molar-refractivity contribution in [1.82, 2.24) is 0 Å². The van der Waals surface area contributed by atoms with Crippen LogP contribution >= 0.6 is 15.9 Å². The third-order valence-electron chi connectivity index (χ3n) is 2.78. The highest BCUT2D eigenvalue weighted by Crippen LogP contribution is 2.11. The second-order valence-corrected chi connectivity index (χ2v) is 5.25. The molecule has 0 aromatic carbocycles. The van der Waals surface area contributed by atoms with Crippen LogP contribution in [-0.4, -0.2) is 4.69 Å². The second-order valence-electron chi connectivity index (χ2n) is 4.36. The van der Waals surface area contributed by atoms with Gasteiger partial charge in [-0.2, -0.15) is 0 Å². The van der Waals surface area contributed by atoms with Gasteiger partial charge in [0.05, 0.1) is 0 Å². The molecule has 94 valence electrons. The standard InChI is InChI=1S/C14H25BrO/c1-2-3-4-5-6-7-8-9-10-11-12-13-14(15)16/h2H,1,3-13H2. The third-order valence-corrected chi connectivity index (χ3v) is 3.18. The van der Waals surface area contributed by atoms with Gasteiger partial charge in [-0.1, -0.05) is 51.0 Å². The topological polar surface area (TPSA) is 17.1 Å². The Balaban J connectivity index is 2.93. The number of carbonyl (C=O) groups is 1. The maximum absolute atomic E-state index is 10.6. The molecular formula is C14H25BrO.